The van der Waals surface area contributed by atoms with Crippen LogP contribution < -0.4 is 0 Å². The van der Waals surface area contributed by atoms with Gasteiger partial charge in [-0.25, -0.2) is 4.39 Å². The minimum Gasteiger partial charge on any atom is -0.205 e. The van der Waals surface area contributed by atoms with E-state index in [9.17, 15) is 12.8 Å². The largest absolute Gasteiger partial charge is 0.299 e. The summed E-state index contributed by atoms with van der Waals surface area (Å²) in [6, 6.07) is 13.2. The van der Waals surface area contributed by atoms with Gasteiger partial charge in [0.2, 0.25) is 0 Å². The van der Waals surface area contributed by atoms with Gasteiger partial charge in [-0.1, -0.05) is 34.9 Å². The molecule has 0 aliphatic rings. The Morgan fingerprint density at radius 1 is 0.889 bits per heavy atom. The van der Waals surface area contributed by atoms with Crippen molar-refractivity contribution in [3.63, 3.8) is 0 Å². The maximum Gasteiger partial charge on any atom is 0.299 e. The topological polar surface area (TPSA) is 58.9 Å². The van der Waals surface area contributed by atoms with Gasteiger partial charge in [0, 0.05) is 0 Å². The zero-order valence-electron chi connectivity index (χ0n) is 9.19. The van der Waals surface area contributed by atoms with Crippen LogP contribution in [0.25, 0.3) is 0 Å². The van der Waals surface area contributed by atoms with Gasteiger partial charge in [-0.3, -0.25) is 0 Å². The SMILES string of the molecule is O=S(=O)(N=Nc1ccccc1F)c1ccccc1. The van der Waals surface area contributed by atoms with Gasteiger partial charge in [0.1, 0.15) is 5.69 Å². The fourth-order valence-electron chi connectivity index (χ4n) is 1.27. The van der Waals surface area contributed by atoms with Crippen LogP contribution in [0.3, 0.4) is 0 Å². The van der Waals surface area contributed by atoms with Crippen LogP contribution in [0.1, 0.15) is 0 Å². The average molecular weight is 264 g/mol. The monoisotopic (exact) mass is 264 g/mol. The Morgan fingerprint density at radius 3 is 2.17 bits per heavy atom. The number of hydrogen-bond acceptors (Lipinski definition) is 3. The average Bonchev–Trinajstić information content (AvgIpc) is 2.39. The summed E-state index contributed by atoms with van der Waals surface area (Å²) < 4.78 is 39.9. The first-order valence-corrected chi connectivity index (χ1v) is 6.51. The number of rotatable bonds is 3. The molecule has 0 bridgehead atoms. The molecule has 0 amide bonds. The van der Waals surface area contributed by atoms with Crippen molar-refractivity contribution in [1.82, 2.24) is 0 Å². The summed E-state index contributed by atoms with van der Waals surface area (Å²) in [6.45, 7) is 0. The molecule has 0 N–H and O–H groups in total. The molecular formula is C12H9FN2O2S. The van der Waals surface area contributed by atoms with Crippen molar-refractivity contribution in [1.29, 1.82) is 0 Å². The quantitative estimate of drug-likeness (QED) is 0.798. The smallest absolute Gasteiger partial charge is 0.205 e. The van der Waals surface area contributed by atoms with E-state index < -0.39 is 15.8 Å². The van der Waals surface area contributed by atoms with Crippen LogP contribution in [0.5, 0.6) is 0 Å². The molecule has 0 aliphatic carbocycles. The zero-order chi connectivity index (χ0) is 13.0. The lowest BCUT2D eigenvalue weighted by molar-refractivity contribution is 0.595. The number of nitrogens with zero attached hydrogens (tertiary/aromatic N) is 2. The molecular weight excluding hydrogens is 255 g/mol. The summed E-state index contributed by atoms with van der Waals surface area (Å²) in [5.74, 6) is -0.621. The molecule has 0 unspecified atom stereocenters. The summed E-state index contributed by atoms with van der Waals surface area (Å²) >= 11 is 0. The molecule has 0 fully saturated rings. The molecule has 0 atom stereocenters. The van der Waals surface area contributed by atoms with Crippen molar-refractivity contribution in [2.24, 2.45) is 9.63 Å². The molecule has 4 nitrogen and oxygen atoms in total. The van der Waals surface area contributed by atoms with Crippen molar-refractivity contribution in [2.45, 2.75) is 4.90 Å². The third-order valence-electron chi connectivity index (χ3n) is 2.15. The predicted octanol–water partition coefficient (Wildman–Crippen LogP) is 3.30. The normalized spacial score (nSPS) is 11.8. The molecule has 18 heavy (non-hydrogen) atoms. The molecule has 2 aromatic carbocycles. The van der Waals surface area contributed by atoms with E-state index in [0.717, 1.165) is 0 Å². The van der Waals surface area contributed by atoms with Crippen LogP contribution in [-0.2, 0) is 10.0 Å². The Labute approximate surface area is 104 Å². The van der Waals surface area contributed by atoms with E-state index in [1.54, 1.807) is 24.3 Å². The minimum atomic E-state index is -3.88. The third-order valence-corrected chi connectivity index (χ3v) is 3.31. The maximum atomic E-state index is 13.2. The van der Waals surface area contributed by atoms with Crippen molar-refractivity contribution >= 4 is 15.7 Å². The first kappa shape index (κ1) is 12.4. The van der Waals surface area contributed by atoms with Gasteiger partial charge in [-0.15, -0.1) is 5.11 Å². The Balaban J connectivity index is 2.32. The zero-order valence-corrected chi connectivity index (χ0v) is 10.0. The summed E-state index contributed by atoms with van der Waals surface area (Å²) in [4.78, 5) is 0.0186. The molecule has 2 rings (SSSR count). The molecule has 0 spiro atoms. The summed E-state index contributed by atoms with van der Waals surface area (Å²) in [6.07, 6.45) is 0. The molecule has 0 aromatic heterocycles. The predicted molar refractivity (Wildman–Crippen MR) is 64.5 cm³/mol. The highest BCUT2D eigenvalue weighted by molar-refractivity contribution is 7.90. The number of hydrogen-bond donors (Lipinski definition) is 0. The van der Waals surface area contributed by atoms with E-state index in [2.05, 4.69) is 9.63 Å². The van der Waals surface area contributed by atoms with Crippen LogP contribution in [0.4, 0.5) is 10.1 Å². The van der Waals surface area contributed by atoms with Crippen molar-refractivity contribution in [2.75, 3.05) is 0 Å². The van der Waals surface area contributed by atoms with E-state index >= 15 is 0 Å². The first-order valence-electron chi connectivity index (χ1n) is 5.07. The standard InChI is InChI=1S/C12H9FN2O2S/c13-11-8-4-5-9-12(11)14-15-18(16,17)10-6-2-1-3-7-10/h1-9H. The molecule has 0 saturated heterocycles. The van der Waals surface area contributed by atoms with E-state index in [-0.39, 0.29) is 10.6 Å². The van der Waals surface area contributed by atoms with Crippen molar-refractivity contribution < 1.29 is 12.8 Å². The highest BCUT2D eigenvalue weighted by atomic mass is 32.2. The van der Waals surface area contributed by atoms with Gasteiger partial charge < -0.3 is 0 Å². The van der Waals surface area contributed by atoms with Gasteiger partial charge in [0.15, 0.2) is 5.82 Å². The fraction of sp³-hybridized carbons (Fsp3) is 0. The Hall–Kier alpha value is -2.08. The highest BCUT2D eigenvalue weighted by Crippen LogP contribution is 2.19. The Morgan fingerprint density at radius 2 is 1.50 bits per heavy atom. The Bertz CT molecular complexity index is 669. The molecule has 2 aromatic rings. The molecule has 0 saturated carbocycles. The number of sulfonamides is 1. The summed E-state index contributed by atoms with van der Waals surface area (Å²) in [7, 11) is -3.88. The minimum absolute atomic E-state index is 0.0186. The maximum absolute atomic E-state index is 13.2. The van der Waals surface area contributed by atoms with E-state index in [4.69, 9.17) is 0 Å². The summed E-state index contributed by atoms with van der Waals surface area (Å²) in [5.41, 5.74) is -0.114. The third kappa shape index (κ3) is 2.78. The first-order chi connectivity index (χ1) is 8.59. The summed E-state index contributed by atoms with van der Waals surface area (Å²) in [5, 5.41) is 3.42. The molecule has 0 radical (unpaired) electrons. The van der Waals surface area contributed by atoms with Crippen LogP contribution >= 0.6 is 0 Å². The fourth-order valence-corrected chi connectivity index (χ4v) is 2.06. The second kappa shape index (κ2) is 5.05. The lowest BCUT2D eigenvalue weighted by Gasteiger charge is -1.97. The second-order valence-corrected chi connectivity index (χ2v) is 5.01. The van der Waals surface area contributed by atoms with Crippen molar-refractivity contribution in [3.8, 4) is 0 Å². The molecule has 6 heteroatoms. The van der Waals surface area contributed by atoms with Gasteiger partial charge in [-0.2, -0.15) is 8.42 Å². The second-order valence-electron chi connectivity index (χ2n) is 3.42. The molecule has 0 heterocycles. The van der Waals surface area contributed by atoms with Gasteiger partial charge in [0.05, 0.1) is 4.90 Å². The number of benzene rings is 2. The van der Waals surface area contributed by atoms with Gasteiger partial charge in [0.25, 0.3) is 10.0 Å². The van der Waals surface area contributed by atoms with Crippen LogP contribution in [0, 0.1) is 5.82 Å². The van der Waals surface area contributed by atoms with Crippen LogP contribution in [0.15, 0.2) is 69.1 Å². The van der Waals surface area contributed by atoms with E-state index in [1.807, 2.05) is 0 Å². The Kier molecular flexibility index (Phi) is 3.47. The number of halogens is 1. The van der Waals surface area contributed by atoms with Crippen molar-refractivity contribution in [3.05, 3.63) is 60.4 Å². The van der Waals surface area contributed by atoms with E-state index in [0.29, 0.717) is 0 Å². The van der Waals surface area contributed by atoms with Gasteiger partial charge >= 0.3 is 0 Å². The van der Waals surface area contributed by atoms with Gasteiger partial charge in [-0.05, 0) is 24.3 Å². The van der Waals surface area contributed by atoms with Crippen LogP contribution in [0.2, 0.25) is 0 Å². The van der Waals surface area contributed by atoms with Crippen LogP contribution in [-0.4, -0.2) is 8.42 Å². The molecule has 92 valence electrons. The lowest BCUT2D eigenvalue weighted by atomic mass is 10.3. The van der Waals surface area contributed by atoms with E-state index in [1.165, 1.54) is 30.3 Å². The lowest BCUT2D eigenvalue weighted by Crippen LogP contribution is -1.94. The molecule has 0 aliphatic heterocycles. The highest BCUT2D eigenvalue weighted by Gasteiger charge is 2.12.